The van der Waals surface area contributed by atoms with E-state index in [9.17, 15) is 4.79 Å². The molecule has 2 aliphatic carbocycles. The molecule has 0 aliphatic heterocycles. The zero-order valence-electron chi connectivity index (χ0n) is 7.76. The normalized spacial score (nSPS) is 43.9. The van der Waals surface area contributed by atoms with Gasteiger partial charge in [-0.25, -0.2) is 0 Å². The van der Waals surface area contributed by atoms with Crippen molar-refractivity contribution in [3.63, 3.8) is 0 Å². The summed E-state index contributed by atoms with van der Waals surface area (Å²) in [5, 5.41) is 0. The molecular formula is C10H16OS. The van der Waals surface area contributed by atoms with Crippen molar-refractivity contribution in [2.75, 3.05) is 5.75 Å². The number of thiol groups is 1. The minimum atomic E-state index is -0.0687. The van der Waals surface area contributed by atoms with Crippen LogP contribution in [0.1, 0.15) is 33.1 Å². The topological polar surface area (TPSA) is 17.1 Å². The van der Waals surface area contributed by atoms with Crippen LogP contribution in [0.15, 0.2) is 0 Å². The minimum absolute atomic E-state index is 0.0687. The zero-order valence-corrected chi connectivity index (χ0v) is 8.66. The van der Waals surface area contributed by atoms with Crippen LogP contribution >= 0.6 is 12.6 Å². The van der Waals surface area contributed by atoms with E-state index in [4.69, 9.17) is 0 Å². The Labute approximate surface area is 79.3 Å². The fourth-order valence-electron chi connectivity index (χ4n) is 3.14. The quantitative estimate of drug-likeness (QED) is 0.619. The fraction of sp³-hybridized carbons (Fsp3) is 0.900. The third-order valence-corrected chi connectivity index (χ3v) is 4.95. The van der Waals surface area contributed by atoms with Crippen LogP contribution in [0, 0.1) is 16.7 Å². The number of rotatable bonds is 1. The van der Waals surface area contributed by atoms with E-state index < -0.39 is 0 Å². The summed E-state index contributed by atoms with van der Waals surface area (Å²) < 4.78 is 0. The number of hydrogen-bond acceptors (Lipinski definition) is 2. The van der Waals surface area contributed by atoms with Crippen molar-refractivity contribution < 1.29 is 4.79 Å². The molecule has 1 unspecified atom stereocenters. The number of fused-ring (bicyclic) bond motifs is 2. The van der Waals surface area contributed by atoms with Gasteiger partial charge in [-0.2, -0.15) is 12.6 Å². The SMILES string of the molecule is CC1(C)C2CC[C@@]1(CS)C(=O)C2. The molecule has 0 aromatic heterocycles. The van der Waals surface area contributed by atoms with Crippen LogP contribution in [-0.4, -0.2) is 11.5 Å². The minimum Gasteiger partial charge on any atom is -0.299 e. The van der Waals surface area contributed by atoms with E-state index in [2.05, 4.69) is 26.5 Å². The Morgan fingerprint density at radius 3 is 2.50 bits per heavy atom. The number of hydrogen-bond donors (Lipinski definition) is 1. The molecule has 2 heteroatoms. The van der Waals surface area contributed by atoms with Crippen molar-refractivity contribution in [2.45, 2.75) is 33.1 Å². The van der Waals surface area contributed by atoms with Gasteiger partial charge in [-0.15, -0.1) is 0 Å². The molecule has 2 rings (SSSR count). The molecule has 0 N–H and O–H groups in total. The van der Waals surface area contributed by atoms with Crippen LogP contribution in [0.4, 0.5) is 0 Å². The summed E-state index contributed by atoms with van der Waals surface area (Å²) >= 11 is 4.36. The molecule has 2 saturated carbocycles. The fourth-order valence-corrected chi connectivity index (χ4v) is 3.88. The second kappa shape index (κ2) is 2.28. The second-order valence-electron chi connectivity index (χ2n) is 4.82. The molecule has 2 atom stereocenters. The van der Waals surface area contributed by atoms with Gasteiger partial charge in [-0.3, -0.25) is 4.79 Å². The molecule has 0 amide bonds. The van der Waals surface area contributed by atoms with E-state index >= 15 is 0 Å². The van der Waals surface area contributed by atoms with Gasteiger partial charge in [-0.1, -0.05) is 13.8 Å². The maximum absolute atomic E-state index is 11.8. The molecule has 2 aliphatic rings. The summed E-state index contributed by atoms with van der Waals surface area (Å²) in [5.41, 5.74) is 0.145. The molecule has 0 aromatic carbocycles. The van der Waals surface area contributed by atoms with Crippen molar-refractivity contribution >= 4 is 18.4 Å². The molecule has 12 heavy (non-hydrogen) atoms. The van der Waals surface area contributed by atoms with Crippen LogP contribution < -0.4 is 0 Å². The van der Waals surface area contributed by atoms with Crippen LogP contribution in [0.5, 0.6) is 0 Å². The van der Waals surface area contributed by atoms with E-state index in [-0.39, 0.29) is 10.8 Å². The first-order valence-electron chi connectivity index (χ1n) is 4.69. The number of carbonyl (C=O) groups excluding carboxylic acids is 1. The summed E-state index contributed by atoms with van der Waals surface area (Å²) in [6.07, 6.45) is 3.12. The average Bonchev–Trinajstić information content (AvgIpc) is 2.36. The van der Waals surface area contributed by atoms with Gasteiger partial charge in [0.15, 0.2) is 0 Å². The Balaban J connectivity index is 2.46. The molecule has 0 heterocycles. The highest BCUT2D eigenvalue weighted by Gasteiger charge is 2.63. The highest BCUT2D eigenvalue weighted by atomic mass is 32.1. The number of carbonyl (C=O) groups is 1. The lowest BCUT2D eigenvalue weighted by Crippen LogP contribution is -2.37. The summed E-state index contributed by atoms with van der Waals surface area (Å²) in [6.45, 7) is 4.48. The molecule has 68 valence electrons. The van der Waals surface area contributed by atoms with Gasteiger partial charge in [0.05, 0.1) is 0 Å². The molecule has 0 spiro atoms. The smallest absolute Gasteiger partial charge is 0.140 e. The first-order valence-corrected chi connectivity index (χ1v) is 5.32. The highest BCUT2D eigenvalue weighted by Crippen LogP contribution is 2.64. The van der Waals surface area contributed by atoms with Gasteiger partial charge in [0.25, 0.3) is 0 Å². The van der Waals surface area contributed by atoms with Crippen molar-refractivity contribution in [1.82, 2.24) is 0 Å². The standard InChI is InChI=1S/C10H16OS/c1-9(2)7-3-4-10(9,6-12)8(11)5-7/h7,12H,3-6H2,1-2H3/t7?,10-/m1/s1. The van der Waals surface area contributed by atoms with Crippen LogP contribution in [0.25, 0.3) is 0 Å². The van der Waals surface area contributed by atoms with Crippen molar-refractivity contribution in [3.05, 3.63) is 0 Å². The maximum atomic E-state index is 11.8. The predicted octanol–water partition coefficient (Wildman–Crippen LogP) is 2.31. The Hall–Kier alpha value is 0.0200. The second-order valence-corrected chi connectivity index (χ2v) is 5.14. The van der Waals surface area contributed by atoms with Crippen molar-refractivity contribution in [2.24, 2.45) is 16.7 Å². The molecule has 1 nitrogen and oxygen atoms in total. The van der Waals surface area contributed by atoms with Crippen molar-refractivity contribution in [3.8, 4) is 0 Å². The summed E-state index contributed by atoms with van der Waals surface area (Å²) in [5.74, 6) is 1.85. The molecule has 2 fully saturated rings. The number of Topliss-reactive ketones (excluding diaryl/α,β-unsaturated/α-hetero) is 1. The summed E-state index contributed by atoms with van der Waals surface area (Å²) in [7, 11) is 0. The molecule has 0 saturated heterocycles. The van der Waals surface area contributed by atoms with E-state index in [0.717, 1.165) is 18.6 Å². The highest BCUT2D eigenvalue weighted by molar-refractivity contribution is 7.80. The van der Waals surface area contributed by atoms with Gasteiger partial charge in [0, 0.05) is 17.6 Å². The Morgan fingerprint density at radius 2 is 2.25 bits per heavy atom. The monoisotopic (exact) mass is 184 g/mol. The van der Waals surface area contributed by atoms with Gasteiger partial charge in [0.2, 0.25) is 0 Å². The molecule has 0 radical (unpaired) electrons. The Morgan fingerprint density at radius 1 is 1.58 bits per heavy atom. The largest absolute Gasteiger partial charge is 0.299 e. The van der Waals surface area contributed by atoms with E-state index in [0.29, 0.717) is 11.7 Å². The number of ketones is 1. The Bertz CT molecular complexity index is 234. The summed E-state index contributed by atoms with van der Waals surface area (Å²) in [4.78, 5) is 11.8. The van der Waals surface area contributed by atoms with E-state index in [1.807, 2.05) is 0 Å². The van der Waals surface area contributed by atoms with Crippen LogP contribution in [0.2, 0.25) is 0 Å². The molecule has 0 aromatic rings. The average molecular weight is 184 g/mol. The van der Waals surface area contributed by atoms with Crippen molar-refractivity contribution in [1.29, 1.82) is 0 Å². The van der Waals surface area contributed by atoms with Gasteiger partial charge in [-0.05, 0) is 24.2 Å². The third kappa shape index (κ3) is 0.704. The third-order valence-electron chi connectivity index (χ3n) is 4.41. The molecule has 2 bridgehead atoms. The predicted molar refractivity (Wildman–Crippen MR) is 52.4 cm³/mol. The lowest BCUT2D eigenvalue weighted by atomic mass is 9.70. The van der Waals surface area contributed by atoms with E-state index in [1.165, 1.54) is 6.42 Å². The van der Waals surface area contributed by atoms with E-state index in [1.54, 1.807) is 0 Å². The Kier molecular flexibility index (Phi) is 1.64. The van der Waals surface area contributed by atoms with Crippen LogP contribution in [0.3, 0.4) is 0 Å². The van der Waals surface area contributed by atoms with Gasteiger partial charge in [0.1, 0.15) is 5.78 Å². The first-order chi connectivity index (χ1) is 5.54. The van der Waals surface area contributed by atoms with Gasteiger partial charge >= 0.3 is 0 Å². The first kappa shape index (κ1) is 8.61. The summed E-state index contributed by atoms with van der Waals surface area (Å²) in [6, 6.07) is 0. The van der Waals surface area contributed by atoms with Gasteiger partial charge < -0.3 is 0 Å². The lowest BCUT2D eigenvalue weighted by molar-refractivity contribution is -0.127. The molecular weight excluding hydrogens is 168 g/mol. The maximum Gasteiger partial charge on any atom is 0.140 e. The zero-order chi connectivity index (χ0) is 8.98. The lowest BCUT2D eigenvalue weighted by Gasteiger charge is -2.34. The van der Waals surface area contributed by atoms with Crippen LogP contribution in [-0.2, 0) is 4.79 Å².